The van der Waals surface area contributed by atoms with Gasteiger partial charge in [0, 0.05) is 12.1 Å². The molecule has 1 aliphatic heterocycles. The molecule has 4 nitrogen and oxygen atoms in total. The number of hydrogen-bond donors (Lipinski definition) is 2. The zero-order valence-corrected chi connectivity index (χ0v) is 16.0. The fourth-order valence-electron chi connectivity index (χ4n) is 3.12. The van der Waals surface area contributed by atoms with Gasteiger partial charge in [-0.25, -0.2) is 0 Å². The molecule has 0 aromatic heterocycles. The lowest BCUT2D eigenvalue weighted by atomic mass is 10.0. The van der Waals surface area contributed by atoms with E-state index in [2.05, 4.69) is 10.6 Å². The summed E-state index contributed by atoms with van der Waals surface area (Å²) in [6.07, 6.45) is 2.72. The highest BCUT2D eigenvalue weighted by atomic mass is 35.5. The zero-order valence-electron chi connectivity index (χ0n) is 15.2. The van der Waals surface area contributed by atoms with Gasteiger partial charge in [0.2, 0.25) is 5.91 Å². The van der Waals surface area contributed by atoms with Crippen LogP contribution in [0.4, 0.5) is 5.69 Å². The molecule has 26 heavy (non-hydrogen) atoms. The van der Waals surface area contributed by atoms with Gasteiger partial charge in [-0.1, -0.05) is 30.3 Å². The molecule has 0 saturated carbocycles. The van der Waals surface area contributed by atoms with Gasteiger partial charge in [0.15, 0.2) is 0 Å². The molecule has 0 aliphatic carbocycles. The lowest BCUT2D eigenvalue weighted by molar-refractivity contribution is -0.116. The minimum Gasteiger partial charge on any atom is -0.489 e. The second-order valence-electron chi connectivity index (χ2n) is 6.70. The van der Waals surface area contributed by atoms with Crippen LogP contribution in [0.2, 0.25) is 0 Å². The summed E-state index contributed by atoms with van der Waals surface area (Å²) in [6, 6.07) is 15.9. The molecule has 1 fully saturated rings. The first-order chi connectivity index (χ1) is 12.2. The van der Waals surface area contributed by atoms with Gasteiger partial charge in [0.25, 0.3) is 0 Å². The summed E-state index contributed by atoms with van der Waals surface area (Å²) in [5.74, 6) is 1.55. The van der Waals surface area contributed by atoms with Crippen molar-refractivity contribution in [3.63, 3.8) is 0 Å². The van der Waals surface area contributed by atoms with E-state index in [4.69, 9.17) is 4.74 Å². The lowest BCUT2D eigenvalue weighted by Crippen LogP contribution is -2.15. The third kappa shape index (κ3) is 6.04. The quantitative estimate of drug-likeness (QED) is 0.758. The summed E-state index contributed by atoms with van der Waals surface area (Å²) in [5.41, 5.74) is 3.02. The summed E-state index contributed by atoms with van der Waals surface area (Å²) >= 11 is 0. The van der Waals surface area contributed by atoms with Crippen LogP contribution < -0.4 is 15.4 Å². The van der Waals surface area contributed by atoms with E-state index in [1.54, 1.807) is 0 Å². The lowest BCUT2D eigenvalue weighted by Gasteiger charge is -2.12. The number of halogens is 1. The van der Waals surface area contributed by atoms with Crippen LogP contribution in [0.15, 0.2) is 48.5 Å². The average Bonchev–Trinajstić information content (AvgIpc) is 3.15. The molecule has 0 bridgehead atoms. The molecule has 1 unspecified atom stereocenters. The monoisotopic (exact) mass is 374 g/mol. The van der Waals surface area contributed by atoms with Crippen LogP contribution in [0.3, 0.4) is 0 Å². The predicted octanol–water partition coefficient (Wildman–Crippen LogP) is 4.32. The van der Waals surface area contributed by atoms with E-state index in [1.165, 1.54) is 6.42 Å². The highest BCUT2D eigenvalue weighted by Crippen LogP contribution is 2.23. The van der Waals surface area contributed by atoms with Gasteiger partial charge in [0.1, 0.15) is 12.4 Å². The maximum Gasteiger partial charge on any atom is 0.224 e. The maximum atomic E-state index is 12.2. The van der Waals surface area contributed by atoms with Crippen molar-refractivity contribution >= 4 is 24.0 Å². The van der Waals surface area contributed by atoms with Crippen molar-refractivity contribution in [1.29, 1.82) is 0 Å². The van der Waals surface area contributed by atoms with Crippen LogP contribution in [0, 0.1) is 12.8 Å². The number of benzene rings is 2. The normalized spacial score (nSPS) is 16.0. The molecule has 3 rings (SSSR count). The number of hydrogen-bond acceptors (Lipinski definition) is 3. The molecule has 2 aromatic rings. The van der Waals surface area contributed by atoms with E-state index in [0.29, 0.717) is 18.9 Å². The maximum absolute atomic E-state index is 12.2. The fourth-order valence-corrected chi connectivity index (χ4v) is 3.12. The topological polar surface area (TPSA) is 50.4 Å². The van der Waals surface area contributed by atoms with Crippen LogP contribution in [0.5, 0.6) is 5.75 Å². The van der Waals surface area contributed by atoms with E-state index in [-0.39, 0.29) is 18.3 Å². The Bertz CT molecular complexity index is 700. The average molecular weight is 375 g/mol. The predicted molar refractivity (Wildman–Crippen MR) is 108 cm³/mol. The summed E-state index contributed by atoms with van der Waals surface area (Å²) in [4.78, 5) is 12.2. The molecule has 5 heteroatoms. The first kappa shape index (κ1) is 20.3. The Labute approximate surface area is 161 Å². The Morgan fingerprint density at radius 2 is 2.04 bits per heavy atom. The molecule has 140 valence electrons. The number of carbonyl (C=O) groups excluding carboxylic acids is 1. The second-order valence-corrected chi connectivity index (χ2v) is 6.70. The molecule has 1 heterocycles. The van der Waals surface area contributed by atoms with Crippen LogP contribution >= 0.6 is 12.4 Å². The molecule has 1 saturated heterocycles. The van der Waals surface area contributed by atoms with Gasteiger partial charge in [-0.15, -0.1) is 12.4 Å². The van der Waals surface area contributed by atoms with Gasteiger partial charge in [-0.05, 0) is 68.1 Å². The second kappa shape index (κ2) is 10.2. The van der Waals surface area contributed by atoms with Crippen molar-refractivity contribution in [2.24, 2.45) is 5.92 Å². The molecule has 2 aromatic carbocycles. The Balaban J connectivity index is 0.00000243. The largest absolute Gasteiger partial charge is 0.489 e. The number of rotatable bonds is 7. The fraction of sp³-hybridized carbons (Fsp3) is 0.381. The highest BCUT2D eigenvalue weighted by Gasteiger charge is 2.16. The van der Waals surface area contributed by atoms with Crippen LogP contribution in [0.1, 0.15) is 30.4 Å². The number of anilines is 1. The third-order valence-corrected chi connectivity index (χ3v) is 4.66. The summed E-state index contributed by atoms with van der Waals surface area (Å²) < 4.78 is 5.83. The molecular formula is C21H27ClN2O2. The van der Waals surface area contributed by atoms with Gasteiger partial charge in [-0.3, -0.25) is 4.79 Å². The van der Waals surface area contributed by atoms with Crippen molar-refractivity contribution in [1.82, 2.24) is 5.32 Å². The van der Waals surface area contributed by atoms with E-state index in [0.717, 1.165) is 42.1 Å². The van der Waals surface area contributed by atoms with Crippen molar-refractivity contribution in [3.05, 3.63) is 59.7 Å². The molecule has 2 N–H and O–H groups in total. The Kier molecular flexibility index (Phi) is 7.95. The molecular weight excluding hydrogens is 348 g/mol. The molecule has 0 spiro atoms. The van der Waals surface area contributed by atoms with Crippen LogP contribution in [-0.2, 0) is 11.4 Å². The van der Waals surface area contributed by atoms with Crippen molar-refractivity contribution in [3.8, 4) is 5.75 Å². The van der Waals surface area contributed by atoms with E-state index in [1.807, 2.05) is 55.5 Å². The Morgan fingerprint density at radius 3 is 2.73 bits per heavy atom. The minimum atomic E-state index is 0. The van der Waals surface area contributed by atoms with E-state index >= 15 is 0 Å². The number of amides is 1. The van der Waals surface area contributed by atoms with Crippen molar-refractivity contribution in [2.45, 2.75) is 32.8 Å². The zero-order chi connectivity index (χ0) is 17.5. The SMILES string of the molecule is Cc1cc(OCc2ccccc2)ccc1NC(=O)CCC1CCNC1.Cl. The first-order valence-electron chi connectivity index (χ1n) is 8.98. The molecule has 1 amide bonds. The third-order valence-electron chi connectivity index (χ3n) is 4.66. The summed E-state index contributed by atoms with van der Waals surface area (Å²) in [6.45, 7) is 4.66. The Morgan fingerprint density at radius 1 is 1.23 bits per heavy atom. The van der Waals surface area contributed by atoms with Crippen molar-refractivity contribution in [2.75, 3.05) is 18.4 Å². The number of ether oxygens (including phenoxy) is 1. The minimum absolute atomic E-state index is 0. The van der Waals surface area contributed by atoms with E-state index in [9.17, 15) is 4.79 Å². The van der Waals surface area contributed by atoms with Crippen LogP contribution in [0.25, 0.3) is 0 Å². The van der Waals surface area contributed by atoms with Gasteiger partial charge in [-0.2, -0.15) is 0 Å². The molecule has 0 radical (unpaired) electrons. The summed E-state index contributed by atoms with van der Waals surface area (Å²) in [7, 11) is 0. The molecule has 1 atom stereocenters. The van der Waals surface area contributed by atoms with Gasteiger partial charge >= 0.3 is 0 Å². The van der Waals surface area contributed by atoms with E-state index < -0.39 is 0 Å². The standard InChI is InChI=1S/C21H26N2O2.ClH/c1-16-13-19(25-15-18-5-3-2-4-6-18)8-9-20(16)23-21(24)10-7-17-11-12-22-14-17;/h2-6,8-9,13,17,22H,7,10-12,14-15H2,1H3,(H,23,24);1H. The highest BCUT2D eigenvalue weighted by molar-refractivity contribution is 5.91. The smallest absolute Gasteiger partial charge is 0.224 e. The number of aryl methyl sites for hydroxylation is 1. The number of carbonyl (C=O) groups is 1. The molecule has 1 aliphatic rings. The van der Waals surface area contributed by atoms with Gasteiger partial charge < -0.3 is 15.4 Å². The van der Waals surface area contributed by atoms with Crippen molar-refractivity contribution < 1.29 is 9.53 Å². The first-order valence-corrected chi connectivity index (χ1v) is 8.98. The number of nitrogens with one attached hydrogen (secondary N) is 2. The summed E-state index contributed by atoms with van der Waals surface area (Å²) in [5, 5.41) is 6.36. The van der Waals surface area contributed by atoms with Gasteiger partial charge in [0.05, 0.1) is 0 Å². The Hall–Kier alpha value is -2.04. The van der Waals surface area contributed by atoms with Crippen LogP contribution in [-0.4, -0.2) is 19.0 Å².